The molecule has 15 heavy (non-hydrogen) atoms. The molecule has 5 heteroatoms. The van der Waals surface area contributed by atoms with Crippen LogP contribution in [0.25, 0.3) is 0 Å². The van der Waals surface area contributed by atoms with Crippen molar-refractivity contribution in [1.82, 2.24) is 4.68 Å². The molecule has 1 atom stereocenters. The summed E-state index contributed by atoms with van der Waals surface area (Å²) in [6.07, 6.45) is 3.24. The van der Waals surface area contributed by atoms with Gasteiger partial charge in [-0.1, -0.05) is 0 Å². The Balaban J connectivity index is 2.01. The summed E-state index contributed by atoms with van der Waals surface area (Å²) in [5.74, 6) is 0. The van der Waals surface area contributed by atoms with Crippen LogP contribution < -0.4 is 5.43 Å². The van der Waals surface area contributed by atoms with Crippen molar-refractivity contribution < 1.29 is 14.6 Å². The predicted octanol–water partition coefficient (Wildman–Crippen LogP) is 0.0555. The Hall–Kier alpha value is -1.04. The summed E-state index contributed by atoms with van der Waals surface area (Å²) in [6, 6.07) is 3.82. The number of aliphatic hydroxyl groups excluding tert-OH is 1. The van der Waals surface area contributed by atoms with Gasteiger partial charge in [0.05, 0.1) is 32.5 Å². The molecule has 0 spiro atoms. The molecule has 0 saturated carbocycles. The van der Waals surface area contributed by atoms with Gasteiger partial charge in [-0.2, -0.15) is 0 Å². The lowest BCUT2D eigenvalue weighted by Gasteiger charge is -2.13. The fraction of sp³-hybridized carbons (Fsp3) is 0.600. The van der Waals surface area contributed by atoms with Crippen molar-refractivity contribution in [2.75, 3.05) is 38.9 Å². The van der Waals surface area contributed by atoms with Crippen molar-refractivity contribution in [3.63, 3.8) is 0 Å². The number of methoxy groups -OCH3 is 1. The molecule has 5 nitrogen and oxygen atoms in total. The number of hydrogen-bond donors (Lipinski definition) is 2. The summed E-state index contributed by atoms with van der Waals surface area (Å²) in [5.41, 5.74) is 3.02. The Labute approximate surface area is 89.6 Å². The van der Waals surface area contributed by atoms with Gasteiger partial charge in [-0.05, 0) is 12.1 Å². The monoisotopic (exact) mass is 214 g/mol. The van der Waals surface area contributed by atoms with Crippen LogP contribution in [0.5, 0.6) is 0 Å². The maximum absolute atomic E-state index is 9.51. The Morgan fingerprint density at radius 1 is 1.33 bits per heavy atom. The number of nitrogens with one attached hydrogen (secondary N) is 1. The SMILES string of the molecule is COCCOCC(O)CNn1cccc1. The van der Waals surface area contributed by atoms with Crippen LogP contribution in [0.2, 0.25) is 0 Å². The van der Waals surface area contributed by atoms with Crippen LogP contribution in [-0.4, -0.2) is 49.4 Å². The molecular weight excluding hydrogens is 196 g/mol. The second-order valence-electron chi connectivity index (χ2n) is 3.17. The van der Waals surface area contributed by atoms with Gasteiger partial charge < -0.3 is 20.0 Å². The Bertz CT molecular complexity index is 239. The molecule has 0 aliphatic heterocycles. The minimum Gasteiger partial charge on any atom is -0.389 e. The summed E-state index contributed by atoms with van der Waals surface area (Å²) in [6.45, 7) is 1.84. The first-order valence-corrected chi connectivity index (χ1v) is 4.94. The molecule has 0 bridgehead atoms. The molecule has 1 unspecified atom stereocenters. The minimum absolute atomic E-state index is 0.317. The van der Waals surface area contributed by atoms with E-state index in [1.165, 1.54) is 0 Å². The quantitative estimate of drug-likeness (QED) is 0.601. The van der Waals surface area contributed by atoms with Crippen LogP contribution in [-0.2, 0) is 9.47 Å². The molecule has 0 saturated heterocycles. The van der Waals surface area contributed by atoms with Gasteiger partial charge in [-0.15, -0.1) is 0 Å². The first-order chi connectivity index (χ1) is 7.33. The van der Waals surface area contributed by atoms with Gasteiger partial charge in [-0.25, -0.2) is 0 Å². The molecule has 1 rings (SSSR count). The summed E-state index contributed by atoms with van der Waals surface area (Å²) in [7, 11) is 1.62. The van der Waals surface area contributed by atoms with Crippen molar-refractivity contribution >= 4 is 0 Å². The Morgan fingerprint density at radius 3 is 2.73 bits per heavy atom. The van der Waals surface area contributed by atoms with Gasteiger partial charge in [-0.3, -0.25) is 4.68 Å². The largest absolute Gasteiger partial charge is 0.389 e. The average Bonchev–Trinajstić information content (AvgIpc) is 2.74. The third-order valence-electron chi connectivity index (χ3n) is 1.86. The van der Waals surface area contributed by atoms with Crippen molar-refractivity contribution in [2.24, 2.45) is 0 Å². The van der Waals surface area contributed by atoms with Crippen LogP contribution >= 0.6 is 0 Å². The van der Waals surface area contributed by atoms with Crippen LogP contribution in [0.15, 0.2) is 24.5 Å². The minimum atomic E-state index is -0.510. The third kappa shape index (κ3) is 5.41. The maximum atomic E-state index is 9.51. The Morgan fingerprint density at radius 2 is 2.07 bits per heavy atom. The van der Waals surface area contributed by atoms with Gasteiger partial charge in [0, 0.05) is 19.5 Å². The van der Waals surface area contributed by atoms with Gasteiger partial charge >= 0.3 is 0 Å². The van der Waals surface area contributed by atoms with E-state index in [-0.39, 0.29) is 0 Å². The number of aliphatic hydroxyl groups is 1. The van der Waals surface area contributed by atoms with E-state index in [1.54, 1.807) is 11.8 Å². The van der Waals surface area contributed by atoms with E-state index in [4.69, 9.17) is 9.47 Å². The van der Waals surface area contributed by atoms with Crippen LogP contribution in [0.3, 0.4) is 0 Å². The van der Waals surface area contributed by atoms with Crippen molar-refractivity contribution in [3.8, 4) is 0 Å². The molecule has 2 N–H and O–H groups in total. The lowest BCUT2D eigenvalue weighted by atomic mass is 10.4. The van der Waals surface area contributed by atoms with Crippen LogP contribution in [0.1, 0.15) is 0 Å². The molecule has 0 aliphatic rings. The first-order valence-electron chi connectivity index (χ1n) is 4.94. The van der Waals surface area contributed by atoms with E-state index in [1.807, 2.05) is 24.5 Å². The third-order valence-corrected chi connectivity index (χ3v) is 1.86. The van der Waals surface area contributed by atoms with E-state index in [0.717, 1.165) is 0 Å². The number of rotatable bonds is 8. The van der Waals surface area contributed by atoms with E-state index in [2.05, 4.69) is 5.43 Å². The summed E-state index contributed by atoms with van der Waals surface area (Å²) < 4.78 is 11.8. The highest BCUT2D eigenvalue weighted by atomic mass is 16.5. The van der Waals surface area contributed by atoms with Gasteiger partial charge in [0.1, 0.15) is 0 Å². The van der Waals surface area contributed by atoms with E-state index < -0.39 is 6.10 Å². The maximum Gasteiger partial charge on any atom is 0.0961 e. The van der Waals surface area contributed by atoms with E-state index >= 15 is 0 Å². The van der Waals surface area contributed by atoms with Crippen molar-refractivity contribution in [2.45, 2.75) is 6.10 Å². The van der Waals surface area contributed by atoms with Gasteiger partial charge in [0.25, 0.3) is 0 Å². The molecule has 0 fully saturated rings. The first kappa shape index (κ1) is 12.0. The second-order valence-corrected chi connectivity index (χ2v) is 3.17. The fourth-order valence-electron chi connectivity index (χ4n) is 1.07. The number of ether oxygens (including phenoxy) is 2. The summed E-state index contributed by atoms with van der Waals surface area (Å²) in [5, 5.41) is 9.51. The average molecular weight is 214 g/mol. The zero-order valence-electron chi connectivity index (χ0n) is 8.93. The molecule has 1 aromatic rings. The molecule has 0 aliphatic carbocycles. The standard InChI is InChI=1S/C10H18N2O3/c1-14-6-7-15-9-10(13)8-11-12-4-2-3-5-12/h2-5,10-11,13H,6-9H2,1H3. The number of aromatic nitrogens is 1. The highest BCUT2D eigenvalue weighted by Gasteiger charge is 2.03. The highest BCUT2D eigenvalue weighted by molar-refractivity contribution is 4.93. The molecule has 86 valence electrons. The van der Waals surface area contributed by atoms with E-state index in [0.29, 0.717) is 26.4 Å². The van der Waals surface area contributed by atoms with Gasteiger partial charge in [0.2, 0.25) is 0 Å². The summed E-state index contributed by atoms with van der Waals surface area (Å²) >= 11 is 0. The molecule has 0 aromatic carbocycles. The topological polar surface area (TPSA) is 55.6 Å². The normalized spacial score (nSPS) is 12.7. The van der Waals surface area contributed by atoms with Crippen LogP contribution in [0, 0.1) is 0 Å². The van der Waals surface area contributed by atoms with E-state index in [9.17, 15) is 5.11 Å². The van der Waals surface area contributed by atoms with Gasteiger partial charge in [0.15, 0.2) is 0 Å². The molecule has 0 amide bonds. The molecular formula is C10H18N2O3. The lowest BCUT2D eigenvalue weighted by Crippen LogP contribution is -2.29. The van der Waals surface area contributed by atoms with Crippen LogP contribution in [0.4, 0.5) is 0 Å². The molecule has 1 heterocycles. The molecule has 1 aromatic heterocycles. The van der Waals surface area contributed by atoms with Crippen molar-refractivity contribution in [1.29, 1.82) is 0 Å². The highest BCUT2D eigenvalue weighted by Crippen LogP contribution is 1.88. The second kappa shape index (κ2) is 7.28. The fourth-order valence-corrected chi connectivity index (χ4v) is 1.07. The summed E-state index contributed by atoms with van der Waals surface area (Å²) in [4.78, 5) is 0. The number of nitrogens with zero attached hydrogens (tertiary/aromatic N) is 1. The lowest BCUT2D eigenvalue weighted by molar-refractivity contribution is 0.0174. The number of hydrogen-bond acceptors (Lipinski definition) is 4. The molecule has 0 radical (unpaired) electrons. The zero-order valence-corrected chi connectivity index (χ0v) is 8.93. The Kier molecular flexibility index (Phi) is 5.84. The smallest absolute Gasteiger partial charge is 0.0961 e. The zero-order chi connectivity index (χ0) is 10.9. The predicted molar refractivity (Wildman–Crippen MR) is 57.4 cm³/mol. The van der Waals surface area contributed by atoms with Crippen molar-refractivity contribution in [3.05, 3.63) is 24.5 Å².